The molecular formula is C17H28N2O. The molecule has 0 radical (unpaired) electrons. The van der Waals surface area contributed by atoms with Crippen LogP contribution in [-0.4, -0.2) is 29.6 Å². The van der Waals surface area contributed by atoms with Crippen molar-refractivity contribution < 1.29 is 4.74 Å². The molecule has 1 fully saturated rings. The van der Waals surface area contributed by atoms with Crippen LogP contribution in [0.5, 0.6) is 5.75 Å². The molecule has 3 nitrogen and oxygen atoms in total. The van der Waals surface area contributed by atoms with E-state index < -0.39 is 0 Å². The SMILES string of the molecule is CC(C)Oc1cccc(CN2C(C)CCCC2CN)c1. The third-order valence-corrected chi connectivity index (χ3v) is 4.10. The Bertz CT molecular complexity index is 419. The lowest BCUT2D eigenvalue weighted by Gasteiger charge is -2.40. The van der Waals surface area contributed by atoms with Crippen LogP contribution in [0.4, 0.5) is 0 Å². The Morgan fingerprint density at radius 1 is 1.35 bits per heavy atom. The monoisotopic (exact) mass is 276 g/mol. The van der Waals surface area contributed by atoms with Crippen molar-refractivity contribution in [2.24, 2.45) is 5.73 Å². The Kier molecular flexibility index (Phi) is 5.44. The molecule has 0 bridgehead atoms. The van der Waals surface area contributed by atoms with Gasteiger partial charge in [0.15, 0.2) is 0 Å². The second kappa shape index (κ2) is 7.09. The highest BCUT2D eigenvalue weighted by atomic mass is 16.5. The first-order chi connectivity index (χ1) is 9.60. The summed E-state index contributed by atoms with van der Waals surface area (Å²) in [6, 6.07) is 9.60. The molecular weight excluding hydrogens is 248 g/mol. The molecule has 3 heteroatoms. The first kappa shape index (κ1) is 15.3. The van der Waals surface area contributed by atoms with Crippen molar-refractivity contribution in [1.82, 2.24) is 4.90 Å². The number of hydrogen-bond donors (Lipinski definition) is 1. The van der Waals surface area contributed by atoms with Gasteiger partial charge in [-0.3, -0.25) is 4.90 Å². The van der Waals surface area contributed by atoms with Gasteiger partial charge in [0.2, 0.25) is 0 Å². The van der Waals surface area contributed by atoms with Gasteiger partial charge in [0.25, 0.3) is 0 Å². The molecule has 0 aliphatic carbocycles. The minimum Gasteiger partial charge on any atom is -0.491 e. The molecule has 1 aliphatic rings. The third-order valence-electron chi connectivity index (χ3n) is 4.10. The van der Waals surface area contributed by atoms with Gasteiger partial charge in [-0.25, -0.2) is 0 Å². The molecule has 0 saturated carbocycles. The Hall–Kier alpha value is -1.06. The molecule has 0 aromatic heterocycles. The largest absolute Gasteiger partial charge is 0.491 e. The zero-order valence-electron chi connectivity index (χ0n) is 13.0. The normalized spacial score (nSPS) is 24.1. The average Bonchev–Trinajstić information content (AvgIpc) is 2.41. The van der Waals surface area contributed by atoms with Crippen LogP contribution in [0.3, 0.4) is 0 Å². The summed E-state index contributed by atoms with van der Waals surface area (Å²) in [5, 5.41) is 0. The lowest BCUT2D eigenvalue weighted by Crippen LogP contribution is -2.48. The van der Waals surface area contributed by atoms with Gasteiger partial charge in [-0.15, -0.1) is 0 Å². The lowest BCUT2D eigenvalue weighted by molar-refractivity contribution is 0.0891. The number of nitrogens with zero attached hydrogens (tertiary/aromatic N) is 1. The second-order valence-electron chi connectivity index (χ2n) is 6.16. The summed E-state index contributed by atoms with van der Waals surface area (Å²) in [6.45, 7) is 8.16. The van der Waals surface area contributed by atoms with Gasteiger partial charge in [0, 0.05) is 25.2 Å². The molecule has 0 spiro atoms. The molecule has 112 valence electrons. The first-order valence-corrected chi connectivity index (χ1v) is 7.81. The zero-order valence-corrected chi connectivity index (χ0v) is 13.0. The summed E-state index contributed by atoms with van der Waals surface area (Å²) >= 11 is 0. The van der Waals surface area contributed by atoms with E-state index in [1.54, 1.807) is 0 Å². The van der Waals surface area contributed by atoms with Crippen molar-refractivity contribution in [2.75, 3.05) is 6.54 Å². The third kappa shape index (κ3) is 3.97. The number of benzene rings is 1. The second-order valence-corrected chi connectivity index (χ2v) is 6.16. The van der Waals surface area contributed by atoms with E-state index in [0.717, 1.165) is 18.8 Å². The van der Waals surface area contributed by atoms with Crippen molar-refractivity contribution >= 4 is 0 Å². The molecule has 1 saturated heterocycles. The van der Waals surface area contributed by atoms with Gasteiger partial charge in [-0.2, -0.15) is 0 Å². The predicted molar refractivity (Wildman–Crippen MR) is 83.9 cm³/mol. The highest BCUT2D eigenvalue weighted by Crippen LogP contribution is 2.25. The maximum Gasteiger partial charge on any atom is 0.120 e. The minimum absolute atomic E-state index is 0.218. The van der Waals surface area contributed by atoms with E-state index in [2.05, 4.69) is 43.9 Å². The zero-order chi connectivity index (χ0) is 14.5. The Morgan fingerprint density at radius 3 is 2.85 bits per heavy atom. The van der Waals surface area contributed by atoms with Crippen molar-refractivity contribution in [1.29, 1.82) is 0 Å². The summed E-state index contributed by atoms with van der Waals surface area (Å²) in [6.07, 6.45) is 4.02. The number of hydrogen-bond acceptors (Lipinski definition) is 3. The van der Waals surface area contributed by atoms with E-state index in [-0.39, 0.29) is 6.10 Å². The predicted octanol–water partition coefficient (Wildman–Crippen LogP) is 3.18. The van der Waals surface area contributed by atoms with Crippen molar-refractivity contribution in [3.8, 4) is 5.75 Å². The molecule has 20 heavy (non-hydrogen) atoms. The number of rotatable bonds is 5. The van der Waals surface area contributed by atoms with Gasteiger partial charge in [0.05, 0.1) is 6.10 Å². The average molecular weight is 276 g/mol. The van der Waals surface area contributed by atoms with E-state index in [1.165, 1.54) is 24.8 Å². The number of nitrogens with two attached hydrogens (primary N) is 1. The van der Waals surface area contributed by atoms with Crippen molar-refractivity contribution in [2.45, 2.75) is 64.8 Å². The Morgan fingerprint density at radius 2 is 2.15 bits per heavy atom. The lowest BCUT2D eigenvalue weighted by atomic mass is 9.95. The molecule has 2 N–H and O–H groups in total. The highest BCUT2D eigenvalue weighted by molar-refractivity contribution is 5.28. The molecule has 1 heterocycles. The smallest absolute Gasteiger partial charge is 0.120 e. The summed E-state index contributed by atoms with van der Waals surface area (Å²) in [4.78, 5) is 2.55. The molecule has 0 amide bonds. The Balaban J connectivity index is 2.07. The standard InChI is InChI=1S/C17H28N2O/c1-13(2)20-17-9-5-7-15(10-17)12-19-14(3)6-4-8-16(19)11-18/h5,7,9-10,13-14,16H,4,6,8,11-12,18H2,1-3H3. The highest BCUT2D eigenvalue weighted by Gasteiger charge is 2.26. The quantitative estimate of drug-likeness (QED) is 0.897. The summed E-state index contributed by atoms with van der Waals surface area (Å²) in [5.41, 5.74) is 7.25. The van der Waals surface area contributed by atoms with E-state index in [4.69, 9.17) is 10.5 Å². The first-order valence-electron chi connectivity index (χ1n) is 7.81. The Labute approximate surface area is 123 Å². The van der Waals surface area contributed by atoms with E-state index >= 15 is 0 Å². The van der Waals surface area contributed by atoms with Crippen LogP contribution in [0.2, 0.25) is 0 Å². The van der Waals surface area contributed by atoms with Crippen LogP contribution in [-0.2, 0) is 6.54 Å². The summed E-state index contributed by atoms with van der Waals surface area (Å²) < 4.78 is 5.78. The fraction of sp³-hybridized carbons (Fsp3) is 0.647. The van der Waals surface area contributed by atoms with E-state index in [1.807, 2.05) is 6.07 Å². The molecule has 1 aliphatic heterocycles. The van der Waals surface area contributed by atoms with Crippen molar-refractivity contribution in [3.05, 3.63) is 29.8 Å². The summed E-state index contributed by atoms with van der Waals surface area (Å²) in [5.74, 6) is 0.964. The van der Waals surface area contributed by atoms with Crippen LogP contribution < -0.4 is 10.5 Å². The fourth-order valence-electron chi connectivity index (χ4n) is 3.08. The molecule has 1 aromatic carbocycles. The van der Waals surface area contributed by atoms with Gasteiger partial charge in [-0.1, -0.05) is 18.6 Å². The van der Waals surface area contributed by atoms with Crippen LogP contribution in [0.1, 0.15) is 45.6 Å². The maximum atomic E-state index is 5.94. The van der Waals surface area contributed by atoms with Crippen LogP contribution in [0.25, 0.3) is 0 Å². The molecule has 2 unspecified atom stereocenters. The fourth-order valence-corrected chi connectivity index (χ4v) is 3.08. The van der Waals surface area contributed by atoms with Gasteiger partial charge >= 0.3 is 0 Å². The van der Waals surface area contributed by atoms with Gasteiger partial charge in [0.1, 0.15) is 5.75 Å². The number of likely N-dealkylation sites (tertiary alicyclic amines) is 1. The minimum atomic E-state index is 0.218. The van der Waals surface area contributed by atoms with Gasteiger partial charge in [-0.05, 0) is 51.3 Å². The van der Waals surface area contributed by atoms with Crippen LogP contribution in [0.15, 0.2) is 24.3 Å². The number of ether oxygens (including phenoxy) is 1. The summed E-state index contributed by atoms with van der Waals surface area (Å²) in [7, 11) is 0. The van der Waals surface area contributed by atoms with Crippen LogP contribution in [0, 0.1) is 0 Å². The van der Waals surface area contributed by atoms with Crippen LogP contribution >= 0.6 is 0 Å². The number of piperidine rings is 1. The van der Waals surface area contributed by atoms with E-state index in [0.29, 0.717) is 12.1 Å². The van der Waals surface area contributed by atoms with Crippen molar-refractivity contribution in [3.63, 3.8) is 0 Å². The van der Waals surface area contributed by atoms with E-state index in [9.17, 15) is 0 Å². The molecule has 2 atom stereocenters. The maximum absolute atomic E-state index is 5.94. The topological polar surface area (TPSA) is 38.5 Å². The molecule has 2 rings (SSSR count). The van der Waals surface area contributed by atoms with Gasteiger partial charge < -0.3 is 10.5 Å². The molecule has 1 aromatic rings.